The maximum Gasteiger partial charge on any atom is 0.141 e. The van der Waals surface area contributed by atoms with Crippen molar-refractivity contribution in [3.63, 3.8) is 0 Å². The second-order valence-corrected chi connectivity index (χ2v) is 5.22. The molecule has 2 aromatic rings. The summed E-state index contributed by atoms with van der Waals surface area (Å²) in [6, 6.07) is 6.89. The van der Waals surface area contributed by atoms with Gasteiger partial charge in [0.15, 0.2) is 0 Å². The minimum atomic E-state index is -0.337. The van der Waals surface area contributed by atoms with Gasteiger partial charge in [-0.2, -0.15) is 0 Å². The van der Waals surface area contributed by atoms with E-state index in [9.17, 15) is 4.39 Å². The highest BCUT2D eigenvalue weighted by molar-refractivity contribution is 9.10. The molecule has 1 N–H and O–H groups in total. The van der Waals surface area contributed by atoms with E-state index in [1.54, 1.807) is 18.3 Å². The summed E-state index contributed by atoms with van der Waals surface area (Å²) in [6.07, 6.45) is 2.83. The topological polar surface area (TPSA) is 24.9 Å². The number of nitrogens with one attached hydrogen (secondary N) is 1. The van der Waals surface area contributed by atoms with Gasteiger partial charge in [0.05, 0.1) is 12.2 Å². The minimum Gasteiger partial charge on any atom is -0.378 e. The third kappa shape index (κ3) is 3.21. The van der Waals surface area contributed by atoms with Crippen molar-refractivity contribution >= 4 is 33.2 Å². The molecular weight excluding hydrogens is 319 g/mol. The van der Waals surface area contributed by atoms with Gasteiger partial charge in [-0.25, -0.2) is 4.39 Å². The van der Waals surface area contributed by atoms with Crippen molar-refractivity contribution in [1.29, 1.82) is 0 Å². The second kappa shape index (κ2) is 5.67. The lowest BCUT2D eigenvalue weighted by Crippen LogP contribution is -2.07. The number of pyridine rings is 1. The highest BCUT2D eigenvalue weighted by Crippen LogP contribution is 2.29. The van der Waals surface area contributed by atoms with Crippen LogP contribution in [-0.2, 0) is 0 Å². The summed E-state index contributed by atoms with van der Waals surface area (Å²) in [4.78, 5) is 3.84. The van der Waals surface area contributed by atoms with Gasteiger partial charge in [-0.05, 0) is 52.7 Å². The molecule has 1 heterocycles. The van der Waals surface area contributed by atoms with Crippen molar-refractivity contribution < 1.29 is 4.39 Å². The summed E-state index contributed by atoms with van der Waals surface area (Å²) in [7, 11) is 0. The number of benzene rings is 1. The van der Waals surface area contributed by atoms with Crippen LogP contribution in [0.1, 0.15) is 18.5 Å². The van der Waals surface area contributed by atoms with E-state index < -0.39 is 0 Å². The van der Waals surface area contributed by atoms with Crippen LogP contribution in [0.15, 0.2) is 41.1 Å². The van der Waals surface area contributed by atoms with E-state index in [4.69, 9.17) is 11.6 Å². The lowest BCUT2D eigenvalue weighted by molar-refractivity contribution is 0.616. The van der Waals surface area contributed by atoms with E-state index in [2.05, 4.69) is 26.2 Å². The summed E-state index contributed by atoms with van der Waals surface area (Å²) in [5, 5.41) is 3.93. The Kier molecular flexibility index (Phi) is 4.19. The van der Waals surface area contributed by atoms with Gasteiger partial charge in [-0.15, -0.1) is 0 Å². The number of hydrogen-bond donors (Lipinski definition) is 1. The van der Waals surface area contributed by atoms with E-state index in [0.717, 1.165) is 15.7 Å². The highest BCUT2D eigenvalue weighted by atomic mass is 79.9. The van der Waals surface area contributed by atoms with Crippen molar-refractivity contribution in [1.82, 2.24) is 4.98 Å². The fourth-order valence-electron chi connectivity index (χ4n) is 1.59. The lowest BCUT2D eigenvalue weighted by Gasteiger charge is -2.16. The van der Waals surface area contributed by atoms with Gasteiger partial charge in [0.2, 0.25) is 0 Å². The molecule has 0 spiro atoms. The molecule has 0 saturated carbocycles. The third-order valence-corrected chi connectivity index (χ3v) is 3.42. The smallest absolute Gasteiger partial charge is 0.141 e. The Morgan fingerprint density at radius 3 is 2.78 bits per heavy atom. The molecule has 0 amide bonds. The average molecular weight is 330 g/mol. The first-order valence-electron chi connectivity index (χ1n) is 5.38. The summed E-state index contributed by atoms with van der Waals surface area (Å²) in [5.41, 5.74) is 1.69. The molecule has 0 radical (unpaired) electrons. The monoisotopic (exact) mass is 328 g/mol. The Balaban J connectivity index is 2.18. The number of nitrogens with zero attached hydrogens (tertiary/aromatic N) is 1. The summed E-state index contributed by atoms with van der Waals surface area (Å²) >= 11 is 9.30. The Hall–Kier alpha value is -1.13. The van der Waals surface area contributed by atoms with Crippen LogP contribution in [0.3, 0.4) is 0 Å². The van der Waals surface area contributed by atoms with Gasteiger partial charge in [0.25, 0.3) is 0 Å². The zero-order valence-corrected chi connectivity index (χ0v) is 12.0. The van der Waals surface area contributed by atoms with Gasteiger partial charge in [-0.3, -0.25) is 4.98 Å². The Morgan fingerprint density at radius 1 is 1.33 bits per heavy atom. The van der Waals surface area contributed by atoms with Crippen molar-refractivity contribution in [2.24, 2.45) is 0 Å². The standard InChI is InChI=1S/C13H11BrClFN2/c1-8(9-4-11(16)7-17-6-9)18-13-3-2-10(15)5-12(13)14/h2-8,18H,1H3. The van der Waals surface area contributed by atoms with Crippen LogP contribution in [0, 0.1) is 5.82 Å². The zero-order chi connectivity index (χ0) is 13.1. The van der Waals surface area contributed by atoms with Gasteiger partial charge < -0.3 is 5.32 Å². The number of hydrogen-bond acceptors (Lipinski definition) is 2. The van der Waals surface area contributed by atoms with Crippen molar-refractivity contribution in [2.75, 3.05) is 5.32 Å². The van der Waals surface area contributed by atoms with Crippen molar-refractivity contribution in [3.05, 3.63) is 57.5 Å². The predicted molar refractivity (Wildman–Crippen MR) is 75.4 cm³/mol. The van der Waals surface area contributed by atoms with E-state index in [0.29, 0.717) is 5.02 Å². The van der Waals surface area contributed by atoms with Crippen LogP contribution in [-0.4, -0.2) is 4.98 Å². The van der Waals surface area contributed by atoms with Crippen LogP contribution in [0.5, 0.6) is 0 Å². The van der Waals surface area contributed by atoms with Gasteiger partial charge in [-0.1, -0.05) is 11.6 Å². The maximum atomic E-state index is 13.1. The molecule has 1 atom stereocenters. The molecule has 94 valence electrons. The Labute approximate surface area is 118 Å². The zero-order valence-electron chi connectivity index (χ0n) is 9.62. The molecule has 5 heteroatoms. The SMILES string of the molecule is CC(Nc1ccc(Cl)cc1Br)c1cncc(F)c1. The first-order chi connectivity index (χ1) is 8.56. The summed E-state index contributed by atoms with van der Waals surface area (Å²) < 4.78 is 13.9. The number of anilines is 1. The Morgan fingerprint density at radius 2 is 2.11 bits per heavy atom. The lowest BCUT2D eigenvalue weighted by atomic mass is 10.1. The third-order valence-electron chi connectivity index (χ3n) is 2.53. The molecule has 0 aliphatic heterocycles. The van der Waals surface area contributed by atoms with Crippen LogP contribution in [0.2, 0.25) is 5.02 Å². The highest BCUT2D eigenvalue weighted by Gasteiger charge is 2.09. The molecule has 0 aliphatic rings. The molecule has 1 unspecified atom stereocenters. The fourth-order valence-corrected chi connectivity index (χ4v) is 2.39. The van der Waals surface area contributed by atoms with Crippen LogP contribution in [0.4, 0.5) is 10.1 Å². The molecule has 2 nitrogen and oxygen atoms in total. The normalized spacial score (nSPS) is 12.2. The van der Waals surface area contributed by atoms with Gasteiger partial charge in [0, 0.05) is 21.4 Å². The average Bonchev–Trinajstić information content (AvgIpc) is 2.32. The molecule has 0 fully saturated rings. The van der Waals surface area contributed by atoms with E-state index in [1.807, 2.05) is 13.0 Å². The molecule has 2 rings (SSSR count). The van der Waals surface area contributed by atoms with Crippen LogP contribution < -0.4 is 5.32 Å². The van der Waals surface area contributed by atoms with Gasteiger partial charge in [0.1, 0.15) is 5.82 Å². The first-order valence-corrected chi connectivity index (χ1v) is 6.55. The second-order valence-electron chi connectivity index (χ2n) is 3.93. The summed E-state index contributed by atoms with van der Waals surface area (Å²) in [6.45, 7) is 1.94. The molecule has 0 bridgehead atoms. The molecule has 18 heavy (non-hydrogen) atoms. The van der Waals surface area contributed by atoms with Gasteiger partial charge >= 0.3 is 0 Å². The molecule has 0 saturated heterocycles. The molecule has 1 aromatic carbocycles. The molecular formula is C13H11BrClFN2. The number of rotatable bonds is 3. The van der Waals surface area contributed by atoms with E-state index in [-0.39, 0.29) is 11.9 Å². The maximum absolute atomic E-state index is 13.1. The summed E-state index contributed by atoms with van der Waals surface area (Å²) in [5.74, 6) is -0.337. The quantitative estimate of drug-likeness (QED) is 0.874. The molecule has 1 aromatic heterocycles. The van der Waals surface area contributed by atoms with Crippen molar-refractivity contribution in [3.8, 4) is 0 Å². The van der Waals surface area contributed by atoms with Crippen LogP contribution in [0.25, 0.3) is 0 Å². The predicted octanol–water partition coefficient (Wildman–Crippen LogP) is 4.81. The van der Waals surface area contributed by atoms with Crippen LogP contribution >= 0.6 is 27.5 Å². The first kappa shape index (κ1) is 13.3. The largest absolute Gasteiger partial charge is 0.378 e. The fraction of sp³-hybridized carbons (Fsp3) is 0.154. The van der Waals surface area contributed by atoms with E-state index >= 15 is 0 Å². The minimum absolute atomic E-state index is 0.0503. The van der Waals surface area contributed by atoms with E-state index in [1.165, 1.54) is 12.3 Å². The number of halogens is 3. The Bertz CT molecular complexity index is 562. The molecule has 0 aliphatic carbocycles. The number of aromatic nitrogens is 1. The van der Waals surface area contributed by atoms with Crippen molar-refractivity contribution in [2.45, 2.75) is 13.0 Å².